The topological polar surface area (TPSA) is 75.4 Å². The molecule has 1 aliphatic heterocycles. The minimum Gasteiger partial charge on any atom is -0.369 e. The summed E-state index contributed by atoms with van der Waals surface area (Å²) in [4.78, 5) is 25.4. The fourth-order valence-corrected chi connectivity index (χ4v) is 3.09. The third kappa shape index (κ3) is 4.19. The van der Waals surface area contributed by atoms with E-state index in [4.69, 9.17) is 17.3 Å². The third-order valence-electron chi connectivity index (χ3n) is 3.10. The average molecular weight is 302 g/mol. The Balaban J connectivity index is 1.79. The van der Waals surface area contributed by atoms with Gasteiger partial charge in [0, 0.05) is 19.1 Å². The number of primary amides is 1. The number of likely N-dealkylation sites (tertiary alicyclic amines) is 1. The van der Waals surface area contributed by atoms with Gasteiger partial charge in [-0.25, -0.2) is 0 Å². The van der Waals surface area contributed by atoms with E-state index in [9.17, 15) is 9.59 Å². The minimum atomic E-state index is -0.310. The largest absolute Gasteiger partial charge is 0.369 e. The molecule has 0 unspecified atom stereocenters. The van der Waals surface area contributed by atoms with Gasteiger partial charge in [0.15, 0.2) is 0 Å². The Labute approximate surface area is 120 Å². The third-order valence-corrected chi connectivity index (χ3v) is 4.33. The first-order valence-electron chi connectivity index (χ1n) is 6.11. The zero-order chi connectivity index (χ0) is 13.8. The van der Waals surface area contributed by atoms with Crippen LogP contribution >= 0.6 is 22.9 Å². The van der Waals surface area contributed by atoms with Crippen molar-refractivity contribution < 1.29 is 9.59 Å². The van der Waals surface area contributed by atoms with Gasteiger partial charge in [0.2, 0.25) is 5.91 Å². The SMILES string of the molecule is NC(=O)CN1CCC(NC(=O)c2ccc(Cl)s2)CC1. The van der Waals surface area contributed by atoms with E-state index in [1.807, 2.05) is 4.90 Å². The van der Waals surface area contributed by atoms with Crippen molar-refractivity contribution in [2.75, 3.05) is 19.6 Å². The first-order chi connectivity index (χ1) is 9.04. The lowest BCUT2D eigenvalue weighted by atomic mass is 10.0. The molecule has 19 heavy (non-hydrogen) atoms. The normalized spacial score (nSPS) is 17.3. The molecule has 3 N–H and O–H groups in total. The van der Waals surface area contributed by atoms with E-state index in [0.29, 0.717) is 15.8 Å². The van der Waals surface area contributed by atoms with Crippen LogP contribution in [0, 0.1) is 0 Å². The van der Waals surface area contributed by atoms with Crippen molar-refractivity contribution in [3.8, 4) is 0 Å². The summed E-state index contributed by atoms with van der Waals surface area (Å²) in [6.45, 7) is 1.85. The number of hydrogen-bond acceptors (Lipinski definition) is 4. The molecule has 0 radical (unpaired) electrons. The summed E-state index contributed by atoms with van der Waals surface area (Å²) in [5, 5.41) is 2.99. The Hall–Kier alpha value is -1.11. The molecule has 2 rings (SSSR count). The Morgan fingerprint density at radius 1 is 1.42 bits per heavy atom. The number of carbonyl (C=O) groups is 2. The van der Waals surface area contributed by atoms with E-state index in [-0.39, 0.29) is 17.9 Å². The molecule has 1 aromatic heterocycles. The van der Waals surface area contributed by atoms with Crippen LogP contribution in [0.15, 0.2) is 12.1 Å². The molecule has 1 aromatic rings. The minimum absolute atomic E-state index is 0.0785. The molecule has 0 saturated carbocycles. The number of amides is 2. The number of nitrogens with two attached hydrogens (primary N) is 1. The van der Waals surface area contributed by atoms with Crippen molar-refractivity contribution in [3.63, 3.8) is 0 Å². The lowest BCUT2D eigenvalue weighted by Crippen LogP contribution is -2.46. The average Bonchev–Trinajstić information content (AvgIpc) is 2.78. The second-order valence-corrected chi connectivity index (χ2v) is 6.31. The van der Waals surface area contributed by atoms with Crippen LogP contribution in [0.25, 0.3) is 0 Å². The highest BCUT2D eigenvalue weighted by Gasteiger charge is 2.22. The molecule has 2 amide bonds. The van der Waals surface area contributed by atoms with Gasteiger partial charge < -0.3 is 11.1 Å². The van der Waals surface area contributed by atoms with Crippen LogP contribution in [0.1, 0.15) is 22.5 Å². The van der Waals surface area contributed by atoms with Crippen LogP contribution in [0.3, 0.4) is 0 Å². The molecule has 2 heterocycles. The number of halogens is 1. The van der Waals surface area contributed by atoms with Gasteiger partial charge in [-0.3, -0.25) is 14.5 Å². The van der Waals surface area contributed by atoms with Gasteiger partial charge in [-0.05, 0) is 25.0 Å². The Kier molecular flexibility index (Phi) is 4.79. The predicted molar refractivity (Wildman–Crippen MR) is 75.5 cm³/mol. The number of thiophene rings is 1. The van der Waals surface area contributed by atoms with Crippen molar-refractivity contribution >= 4 is 34.8 Å². The zero-order valence-corrected chi connectivity index (χ0v) is 12.0. The van der Waals surface area contributed by atoms with Gasteiger partial charge in [-0.2, -0.15) is 0 Å². The van der Waals surface area contributed by atoms with Crippen molar-refractivity contribution in [2.45, 2.75) is 18.9 Å². The first kappa shape index (κ1) is 14.3. The van der Waals surface area contributed by atoms with Crippen LogP contribution in [-0.4, -0.2) is 42.4 Å². The van der Waals surface area contributed by atoms with Gasteiger partial charge in [0.1, 0.15) is 0 Å². The highest BCUT2D eigenvalue weighted by atomic mass is 35.5. The summed E-state index contributed by atoms with van der Waals surface area (Å²) < 4.78 is 0.612. The molecule has 1 fully saturated rings. The summed E-state index contributed by atoms with van der Waals surface area (Å²) in [6, 6.07) is 3.60. The van der Waals surface area contributed by atoms with Gasteiger partial charge >= 0.3 is 0 Å². The Morgan fingerprint density at radius 2 is 2.11 bits per heavy atom. The second-order valence-electron chi connectivity index (χ2n) is 4.59. The maximum absolute atomic E-state index is 11.9. The number of carbonyl (C=O) groups excluding carboxylic acids is 2. The van der Waals surface area contributed by atoms with Crippen LogP contribution < -0.4 is 11.1 Å². The molecule has 0 bridgehead atoms. The van der Waals surface area contributed by atoms with E-state index in [1.165, 1.54) is 11.3 Å². The molecular formula is C12H16ClN3O2S. The molecule has 0 spiro atoms. The molecule has 0 atom stereocenters. The van der Waals surface area contributed by atoms with Crippen LogP contribution in [0.4, 0.5) is 0 Å². The first-order valence-corrected chi connectivity index (χ1v) is 7.31. The fourth-order valence-electron chi connectivity index (χ4n) is 2.15. The second kappa shape index (κ2) is 6.36. The van der Waals surface area contributed by atoms with Gasteiger partial charge in [-0.1, -0.05) is 11.6 Å². The maximum Gasteiger partial charge on any atom is 0.261 e. The molecule has 7 heteroatoms. The van der Waals surface area contributed by atoms with E-state index in [1.54, 1.807) is 12.1 Å². The van der Waals surface area contributed by atoms with Crippen molar-refractivity contribution in [1.29, 1.82) is 0 Å². The summed E-state index contributed by atoms with van der Waals surface area (Å²) in [7, 11) is 0. The summed E-state index contributed by atoms with van der Waals surface area (Å²) in [5.74, 6) is -0.388. The molecule has 0 aliphatic carbocycles. The summed E-state index contributed by atoms with van der Waals surface area (Å²) in [6.07, 6.45) is 1.66. The standard InChI is InChI=1S/C12H16ClN3O2S/c13-10-2-1-9(19-10)12(18)15-8-3-5-16(6-4-8)7-11(14)17/h1-2,8H,3-7H2,(H2,14,17)(H,15,18). The summed E-state index contributed by atoms with van der Waals surface area (Å²) >= 11 is 7.08. The number of rotatable bonds is 4. The van der Waals surface area contributed by atoms with Crippen LogP contribution in [-0.2, 0) is 4.79 Å². The van der Waals surface area contributed by atoms with E-state index >= 15 is 0 Å². The van der Waals surface area contributed by atoms with Gasteiger partial charge in [0.25, 0.3) is 5.91 Å². The smallest absolute Gasteiger partial charge is 0.261 e. The molecule has 1 saturated heterocycles. The lowest BCUT2D eigenvalue weighted by molar-refractivity contribution is -0.119. The zero-order valence-electron chi connectivity index (χ0n) is 10.4. The number of nitrogens with zero attached hydrogens (tertiary/aromatic N) is 1. The highest BCUT2D eigenvalue weighted by Crippen LogP contribution is 2.21. The lowest BCUT2D eigenvalue weighted by Gasteiger charge is -2.31. The molecule has 0 aromatic carbocycles. The van der Waals surface area contributed by atoms with E-state index in [2.05, 4.69) is 5.32 Å². The van der Waals surface area contributed by atoms with Crippen molar-refractivity contribution in [2.24, 2.45) is 5.73 Å². The molecular weight excluding hydrogens is 286 g/mol. The maximum atomic E-state index is 11.9. The van der Waals surface area contributed by atoms with Crippen LogP contribution in [0.5, 0.6) is 0 Å². The quantitative estimate of drug-likeness (QED) is 0.874. The van der Waals surface area contributed by atoms with Crippen molar-refractivity contribution in [3.05, 3.63) is 21.3 Å². The molecule has 104 valence electrons. The molecule has 1 aliphatic rings. The van der Waals surface area contributed by atoms with Gasteiger partial charge in [-0.15, -0.1) is 11.3 Å². The monoisotopic (exact) mass is 301 g/mol. The number of nitrogens with one attached hydrogen (secondary N) is 1. The van der Waals surface area contributed by atoms with E-state index < -0.39 is 0 Å². The van der Waals surface area contributed by atoms with Crippen LogP contribution in [0.2, 0.25) is 4.34 Å². The number of hydrogen-bond donors (Lipinski definition) is 2. The van der Waals surface area contributed by atoms with Crippen molar-refractivity contribution in [1.82, 2.24) is 10.2 Å². The Bertz CT molecular complexity index is 469. The summed E-state index contributed by atoms with van der Waals surface area (Å²) in [5.41, 5.74) is 5.16. The Morgan fingerprint density at radius 3 is 2.63 bits per heavy atom. The number of piperidine rings is 1. The predicted octanol–water partition coefficient (Wildman–Crippen LogP) is 1.08. The van der Waals surface area contributed by atoms with Gasteiger partial charge in [0.05, 0.1) is 15.8 Å². The fraction of sp³-hybridized carbons (Fsp3) is 0.500. The molecule has 5 nitrogen and oxygen atoms in total. The highest BCUT2D eigenvalue weighted by molar-refractivity contribution is 7.17. The van der Waals surface area contributed by atoms with E-state index in [0.717, 1.165) is 25.9 Å².